The van der Waals surface area contributed by atoms with Gasteiger partial charge in [0.05, 0.1) is 17.1 Å². The van der Waals surface area contributed by atoms with Crippen LogP contribution in [-0.2, 0) is 9.59 Å². The molecule has 2 N–H and O–H groups in total. The zero-order valence-electron chi connectivity index (χ0n) is 26.8. The van der Waals surface area contributed by atoms with E-state index < -0.39 is 0 Å². The van der Waals surface area contributed by atoms with Gasteiger partial charge in [-0.1, -0.05) is 30.3 Å². The second-order valence-corrected chi connectivity index (χ2v) is 13.3. The Balaban J connectivity index is 0.856. The molecule has 0 bridgehead atoms. The molecule has 10 nitrogen and oxygen atoms in total. The van der Waals surface area contributed by atoms with Crippen LogP contribution in [0.2, 0.25) is 0 Å². The highest BCUT2D eigenvalue weighted by Gasteiger charge is 2.31. The molecule has 8 rings (SSSR count). The summed E-state index contributed by atoms with van der Waals surface area (Å²) >= 11 is 0. The molecule has 6 heterocycles. The van der Waals surface area contributed by atoms with E-state index in [2.05, 4.69) is 54.1 Å². The van der Waals surface area contributed by atoms with Crippen LogP contribution in [0.3, 0.4) is 0 Å². The number of anilines is 1. The van der Waals surface area contributed by atoms with Crippen molar-refractivity contribution in [3.63, 3.8) is 0 Å². The Labute approximate surface area is 279 Å². The molecule has 2 aromatic carbocycles. The van der Waals surface area contributed by atoms with Crippen molar-refractivity contribution < 1.29 is 14.7 Å². The van der Waals surface area contributed by atoms with Crippen molar-refractivity contribution in [3.8, 4) is 22.7 Å². The summed E-state index contributed by atoms with van der Waals surface area (Å²) in [4.78, 5) is 33.5. The Morgan fingerprint density at radius 2 is 1.56 bits per heavy atom. The molecular formula is C38H39N7O3. The van der Waals surface area contributed by atoms with Crippen molar-refractivity contribution in [1.82, 2.24) is 30.0 Å². The number of piperidine rings is 3. The van der Waals surface area contributed by atoms with E-state index in [-0.39, 0.29) is 23.5 Å². The van der Waals surface area contributed by atoms with Crippen molar-refractivity contribution >= 4 is 28.7 Å². The van der Waals surface area contributed by atoms with Crippen LogP contribution < -0.4 is 10.2 Å². The zero-order valence-corrected chi connectivity index (χ0v) is 26.8. The topological polar surface area (TPSA) is 116 Å². The minimum atomic E-state index is -0.295. The lowest BCUT2D eigenvalue weighted by Gasteiger charge is -2.42. The van der Waals surface area contributed by atoms with Crippen molar-refractivity contribution in [3.05, 3.63) is 96.3 Å². The maximum atomic E-state index is 12.2. The number of imide groups is 1. The summed E-state index contributed by atoms with van der Waals surface area (Å²) in [6.45, 7) is 4.19. The van der Waals surface area contributed by atoms with Crippen LogP contribution in [0.5, 0.6) is 5.75 Å². The van der Waals surface area contributed by atoms with E-state index >= 15 is 0 Å². The van der Waals surface area contributed by atoms with Gasteiger partial charge in [-0.3, -0.25) is 14.9 Å². The zero-order chi connectivity index (χ0) is 32.6. The highest BCUT2D eigenvalue weighted by atomic mass is 16.3. The third-order valence-corrected chi connectivity index (χ3v) is 10.5. The molecule has 1 unspecified atom stereocenters. The van der Waals surface area contributed by atoms with Gasteiger partial charge in [-0.15, -0.1) is 10.2 Å². The summed E-state index contributed by atoms with van der Waals surface area (Å²) in [5.41, 5.74) is 6.43. The molecule has 0 aliphatic carbocycles. The number of hydrogen-bond donors (Lipinski definition) is 2. The normalized spacial score (nSPS) is 19.9. The number of aromatic hydroxyl groups is 1. The van der Waals surface area contributed by atoms with E-state index in [9.17, 15) is 14.7 Å². The molecule has 3 aliphatic rings. The molecule has 244 valence electrons. The highest BCUT2D eigenvalue weighted by Crippen LogP contribution is 2.34. The highest BCUT2D eigenvalue weighted by molar-refractivity contribution is 6.00. The second-order valence-electron chi connectivity index (χ2n) is 13.3. The third kappa shape index (κ3) is 5.92. The van der Waals surface area contributed by atoms with Crippen molar-refractivity contribution in [2.24, 2.45) is 0 Å². The molecule has 3 aromatic heterocycles. The summed E-state index contributed by atoms with van der Waals surface area (Å²) in [6, 6.07) is 24.7. The molecule has 2 amide bonds. The SMILES string of the molecule is O=C1CCC(c2ccc(N3CCC(N4CCC(c5ccc(-n6ccc7nnc(-c8ccccc8O)cc76)cc5)CC4)CC3)nc2)C(=O)N1. The lowest BCUT2D eigenvalue weighted by atomic mass is 9.88. The Morgan fingerprint density at radius 1 is 0.792 bits per heavy atom. The molecule has 1 atom stereocenters. The fourth-order valence-electron chi connectivity index (χ4n) is 7.74. The first-order chi connectivity index (χ1) is 23.5. The number of likely N-dealkylation sites (tertiary alicyclic amines) is 1. The Hall–Kier alpha value is -5.09. The van der Waals surface area contributed by atoms with Crippen LogP contribution in [0, 0.1) is 0 Å². The number of hydrogen-bond acceptors (Lipinski definition) is 8. The molecule has 3 saturated heterocycles. The largest absolute Gasteiger partial charge is 0.507 e. The molecule has 3 fully saturated rings. The van der Waals surface area contributed by atoms with Crippen LogP contribution in [0.1, 0.15) is 61.5 Å². The number of nitrogens with one attached hydrogen (secondary N) is 1. The number of amides is 2. The van der Waals surface area contributed by atoms with Gasteiger partial charge in [0.2, 0.25) is 11.8 Å². The molecule has 0 saturated carbocycles. The standard InChI is InChI=1S/C38H39N7O3/c46-35-4-2-1-3-31(35)33-23-34-32(41-42-33)17-22-45(34)29-8-5-25(6-9-29)26-13-18-43(19-14-26)28-15-20-44(21-16-28)36-11-7-27(24-39-36)30-10-12-37(47)40-38(30)48/h1-9,11,17,22-24,26,28,30,46H,10,12-16,18-21H2,(H,40,47,48). The quantitative estimate of drug-likeness (QED) is 0.232. The van der Waals surface area contributed by atoms with E-state index in [0.29, 0.717) is 36.1 Å². The first kappa shape index (κ1) is 30.3. The van der Waals surface area contributed by atoms with E-state index in [0.717, 1.165) is 80.0 Å². The number of aromatic nitrogens is 4. The molecule has 48 heavy (non-hydrogen) atoms. The van der Waals surface area contributed by atoms with E-state index in [1.165, 1.54) is 5.56 Å². The number of nitrogens with zero attached hydrogens (tertiary/aromatic N) is 6. The third-order valence-electron chi connectivity index (χ3n) is 10.5. The van der Waals surface area contributed by atoms with Crippen molar-refractivity contribution in [2.45, 2.75) is 56.4 Å². The summed E-state index contributed by atoms with van der Waals surface area (Å²) < 4.78 is 2.13. The number of pyridine rings is 1. The van der Waals surface area contributed by atoms with Gasteiger partial charge in [-0.05, 0) is 105 Å². The maximum absolute atomic E-state index is 12.2. The Bertz CT molecular complexity index is 1940. The minimum Gasteiger partial charge on any atom is -0.507 e. The van der Waals surface area contributed by atoms with E-state index in [4.69, 9.17) is 4.98 Å². The Kier molecular flexibility index (Phi) is 8.09. The van der Waals surface area contributed by atoms with Crippen molar-refractivity contribution in [2.75, 3.05) is 31.1 Å². The lowest BCUT2D eigenvalue weighted by molar-refractivity contribution is -0.134. The van der Waals surface area contributed by atoms with Crippen LogP contribution in [0.4, 0.5) is 5.82 Å². The van der Waals surface area contributed by atoms with E-state index in [1.54, 1.807) is 12.1 Å². The average molecular weight is 642 g/mol. The number of phenols is 1. The number of carbonyl (C=O) groups excluding carboxylic acids is 2. The summed E-state index contributed by atoms with van der Waals surface area (Å²) in [5.74, 6) is 1.01. The monoisotopic (exact) mass is 641 g/mol. The van der Waals surface area contributed by atoms with Gasteiger partial charge in [0.15, 0.2) is 0 Å². The average Bonchev–Trinajstić information content (AvgIpc) is 3.56. The summed E-state index contributed by atoms with van der Waals surface area (Å²) in [6.07, 6.45) is 9.32. The number of phenolic OH excluding ortho intramolecular Hbond substituents is 1. The number of carbonyl (C=O) groups is 2. The van der Waals surface area contributed by atoms with Crippen LogP contribution in [-0.4, -0.2) is 73.8 Å². The lowest BCUT2D eigenvalue weighted by Crippen LogP contribution is -2.47. The van der Waals surface area contributed by atoms with Crippen LogP contribution in [0.15, 0.2) is 85.2 Å². The number of fused-ring (bicyclic) bond motifs is 1. The summed E-state index contributed by atoms with van der Waals surface area (Å²) in [5, 5.41) is 21.5. The van der Waals surface area contributed by atoms with Gasteiger partial charge in [-0.25, -0.2) is 4.98 Å². The molecule has 0 radical (unpaired) electrons. The fourth-order valence-corrected chi connectivity index (χ4v) is 7.74. The fraction of sp³-hybridized carbons (Fsp3) is 0.342. The van der Waals surface area contributed by atoms with Crippen LogP contribution in [0.25, 0.3) is 28.0 Å². The molecular weight excluding hydrogens is 602 g/mol. The Morgan fingerprint density at radius 3 is 2.29 bits per heavy atom. The van der Waals surface area contributed by atoms with E-state index in [1.807, 2.05) is 48.8 Å². The van der Waals surface area contributed by atoms with Gasteiger partial charge in [-0.2, -0.15) is 0 Å². The van der Waals surface area contributed by atoms with Crippen molar-refractivity contribution in [1.29, 1.82) is 0 Å². The first-order valence-corrected chi connectivity index (χ1v) is 17.0. The number of rotatable bonds is 6. The van der Waals surface area contributed by atoms with Crippen LogP contribution >= 0.6 is 0 Å². The first-order valence-electron chi connectivity index (χ1n) is 17.0. The predicted octanol–water partition coefficient (Wildman–Crippen LogP) is 5.56. The minimum absolute atomic E-state index is 0.192. The molecule has 0 spiro atoms. The predicted molar refractivity (Wildman–Crippen MR) is 184 cm³/mol. The van der Waals surface area contributed by atoms with Gasteiger partial charge in [0, 0.05) is 49.2 Å². The molecule has 3 aliphatic heterocycles. The molecule has 5 aromatic rings. The number of benzene rings is 2. The smallest absolute Gasteiger partial charge is 0.234 e. The van der Waals surface area contributed by atoms with Gasteiger partial charge < -0.3 is 19.5 Å². The maximum Gasteiger partial charge on any atom is 0.234 e. The number of para-hydroxylation sites is 1. The molecule has 10 heteroatoms. The van der Waals surface area contributed by atoms with Gasteiger partial charge in [0.1, 0.15) is 17.1 Å². The summed E-state index contributed by atoms with van der Waals surface area (Å²) in [7, 11) is 0. The van der Waals surface area contributed by atoms with Gasteiger partial charge in [0.25, 0.3) is 0 Å². The second kappa shape index (κ2) is 12.8. The van der Waals surface area contributed by atoms with Gasteiger partial charge >= 0.3 is 0 Å².